The van der Waals surface area contributed by atoms with Gasteiger partial charge in [-0.15, -0.1) is 0 Å². The summed E-state index contributed by atoms with van der Waals surface area (Å²) >= 11 is 5.75. The number of sulfone groups is 1. The third-order valence-corrected chi connectivity index (χ3v) is 4.85. The van der Waals surface area contributed by atoms with Crippen LogP contribution in [-0.2, 0) is 20.4 Å². The number of halogens is 1. The van der Waals surface area contributed by atoms with Gasteiger partial charge in [0.2, 0.25) is 5.91 Å². The van der Waals surface area contributed by atoms with Gasteiger partial charge in [-0.1, -0.05) is 41.9 Å². The summed E-state index contributed by atoms with van der Waals surface area (Å²) < 4.78 is 24.0. The Morgan fingerprint density at radius 2 is 1.64 bits per heavy atom. The highest BCUT2D eigenvalue weighted by Gasteiger charge is 2.14. The van der Waals surface area contributed by atoms with Gasteiger partial charge in [0.25, 0.3) is 0 Å². The van der Waals surface area contributed by atoms with Crippen LogP contribution < -0.4 is 5.32 Å². The zero-order chi connectivity index (χ0) is 16.0. The maximum atomic E-state index is 12.0. The number of carbonyl (C=O) groups is 1. The molecule has 1 N–H and O–H groups in total. The van der Waals surface area contributed by atoms with Gasteiger partial charge in [-0.3, -0.25) is 4.79 Å². The van der Waals surface area contributed by atoms with Crippen molar-refractivity contribution in [1.82, 2.24) is 0 Å². The molecule has 116 valence electrons. The summed E-state index contributed by atoms with van der Waals surface area (Å²) in [7, 11) is -3.31. The van der Waals surface area contributed by atoms with Crippen LogP contribution in [-0.4, -0.2) is 20.1 Å². The highest BCUT2D eigenvalue weighted by Crippen LogP contribution is 2.14. The molecule has 0 saturated heterocycles. The second-order valence-electron chi connectivity index (χ2n) is 4.88. The molecule has 0 spiro atoms. The summed E-state index contributed by atoms with van der Waals surface area (Å²) in [5, 5.41) is 3.22. The fraction of sp³-hybridized carbons (Fsp3) is 0.188. The van der Waals surface area contributed by atoms with Crippen LogP contribution in [0.1, 0.15) is 12.0 Å². The van der Waals surface area contributed by atoms with Crippen molar-refractivity contribution in [2.24, 2.45) is 0 Å². The molecule has 0 heterocycles. The van der Waals surface area contributed by atoms with Crippen LogP contribution >= 0.6 is 11.6 Å². The van der Waals surface area contributed by atoms with Crippen LogP contribution in [0.4, 0.5) is 5.69 Å². The van der Waals surface area contributed by atoms with Crippen molar-refractivity contribution in [3.05, 3.63) is 65.2 Å². The molecule has 2 aromatic rings. The standard InChI is InChI=1S/C16H16ClNO3S/c17-14-6-8-15(9-7-14)18-16(19)10-11-22(20,21)12-13-4-2-1-3-5-13/h1-9H,10-12H2,(H,18,19). The minimum absolute atomic E-state index is 0.0535. The molecule has 0 aliphatic rings. The van der Waals surface area contributed by atoms with Gasteiger partial charge in [-0.25, -0.2) is 8.42 Å². The topological polar surface area (TPSA) is 63.2 Å². The Morgan fingerprint density at radius 1 is 1.00 bits per heavy atom. The van der Waals surface area contributed by atoms with Gasteiger partial charge in [-0.05, 0) is 29.8 Å². The second kappa shape index (κ2) is 7.42. The van der Waals surface area contributed by atoms with Crippen molar-refractivity contribution in [2.75, 3.05) is 11.1 Å². The maximum absolute atomic E-state index is 12.0. The van der Waals surface area contributed by atoms with E-state index in [0.29, 0.717) is 10.7 Å². The number of hydrogen-bond acceptors (Lipinski definition) is 3. The van der Waals surface area contributed by atoms with Crippen LogP contribution in [0.3, 0.4) is 0 Å². The molecule has 6 heteroatoms. The largest absolute Gasteiger partial charge is 0.326 e. The molecule has 0 saturated carbocycles. The minimum atomic E-state index is -3.31. The number of anilines is 1. The van der Waals surface area contributed by atoms with Crippen molar-refractivity contribution in [1.29, 1.82) is 0 Å². The summed E-state index contributed by atoms with van der Waals surface area (Å²) in [5.74, 6) is -0.567. The lowest BCUT2D eigenvalue weighted by Gasteiger charge is -2.06. The third-order valence-electron chi connectivity index (χ3n) is 3.00. The molecule has 0 aliphatic carbocycles. The van der Waals surface area contributed by atoms with Crippen LogP contribution in [0.15, 0.2) is 54.6 Å². The molecule has 22 heavy (non-hydrogen) atoms. The Hall–Kier alpha value is -1.85. The molecule has 0 fully saturated rings. The average molecular weight is 338 g/mol. The van der Waals surface area contributed by atoms with Crippen molar-refractivity contribution in [2.45, 2.75) is 12.2 Å². The molecule has 0 bridgehead atoms. The van der Waals surface area contributed by atoms with E-state index in [9.17, 15) is 13.2 Å². The lowest BCUT2D eigenvalue weighted by molar-refractivity contribution is -0.115. The first-order chi connectivity index (χ1) is 10.4. The Morgan fingerprint density at radius 3 is 2.27 bits per heavy atom. The van der Waals surface area contributed by atoms with Crippen LogP contribution in [0.2, 0.25) is 5.02 Å². The van der Waals surface area contributed by atoms with E-state index in [0.717, 1.165) is 5.56 Å². The summed E-state index contributed by atoms with van der Waals surface area (Å²) in [4.78, 5) is 11.8. The van der Waals surface area contributed by atoms with Gasteiger partial charge in [0.05, 0.1) is 11.5 Å². The molecule has 2 aromatic carbocycles. The Kier molecular flexibility index (Phi) is 5.57. The fourth-order valence-electron chi connectivity index (χ4n) is 1.91. The van der Waals surface area contributed by atoms with E-state index >= 15 is 0 Å². The SMILES string of the molecule is O=C(CCS(=O)(=O)Cc1ccccc1)Nc1ccc(Cl)cc1. The molecule has 2 rings (SSSR count). The number of rotatable bonds is 6. The summed E-state index contributed by atoms with van der Waals surface area (Å²) in [6, 6.07) is 15.6. The van der Waals surface area contributed by atoms with Gasteiger partial charge in [-0.2, -0.15) is 0 Å². The highest BCUT2D eigenvalue weighted by molar-refractivity contribution is 7.90. The molecule has 0 unspecified atom stereocenters. The van der Waals surface area contributed by atoms with Gasteiger partial charge < -0.3 is 5.32 Å². The number of hydrogen-bond donors (Lipinski definition) is 1. The van der Waals surface area contributed by atoms with E-state index in [2.05, 4.69) is 5.32 Å². The summed E-state index contributed by atoms with van der Waals surface area (Å²) in [5.41, 5.74) is 1.32. The normalized spacial score (nSPS) is 11.1. The van der Waals surface area contributed by atoms with Gasteiger partial charge >= 0.3 is 0 Å². The van der Waals surface area contributed by atoms with Crippen molar-refractivity contribution in [3.63, 3.8) is 0 Å². The fourth-order valence-corrected chi connectivity index (χ4v) is 3.37. The third kappa shape index (κ3) is 5.50. The molecular weight excluding hydrogens is 322 g/mol. The molecule has 4 nitrogen and oxygen atoms in total. The quantitative estimate of drug-likeness (QED) is 0.879. The van der Waals surface area contributed by atoms with Crippen molar-refractivity contribution >= 4 is 33.0 Å². The van der Waals surface area contributed by atoms with Crippen molar-refractivity contribution in [3.8, 4) is 0 Å². The van der Waals surface area contributed by atoms with E-state index in [4.69, 9.17) is 11.6 Å². The maximum Gasteiger partial charge on any atom is 0.225 e. The van der Waals surface area contributed by atoms with E-state index < -0.39 is 9.84 Å². The molecule has 0 aliphatic heterocycles. The van der Waals surface area contributed by atoms with E-state index in [1.807, 2.05) is 6.07 Å². The van der Waals surface area contributed by atoms with Crippen molar-refractivity contribution < 1.29 is 13.2 Å². The van der Waals surface area contributed by atoms with Crippen LogP contribution in [0, 0.1) is 0 Å². The lowest BCUT2D eigenvalue weighted by Crippen LogP contribution is -2.18. The molecule has 0 aromatic heterocycles. The molecular formula is C16H16ClNO3S. The average Bonchev–Trinajstić information content (AvgIpc) is 2.48. The zero-order valence-corrected chi connectivity index (χ0v) is 13.4. The molecule has 1 amide bonds. The molecule has 0 radical (unpaired) electrons. The first-order valence-corrected chi connectivity index (χ1v) is 8.94. The number of amides is 1. The Bertz CT molecular complexity index is 728. The Labute approximate surface area is 135 Å². The lowest BCUT2D eigenvalue weighted by atomic mass is 10.2. The van der Waals surface area contributed by atoms with Gasteiger partial charge in [0, 0.05) is 17.1 Å². The monoisotopic (exact) mass is 337 g/mol. The Balaban J connectivity index is 1.86. The summed E-state index contributed by atoms with van der Waals surface area (Å²) in [6.45, 7) is 0. The second-order valence-corrected chi connectivity index (χ2v) is 7.50. The van der Waals surface area contributed by atoms with Gasteiger partial charge in [0.15, 0.2) is 9.84 Å². The predicted molar refractivity (Wildman–Crippen MR) is 88.6 cm³/mol. The number of nitrogens with one attached hydrogen (secondary N) is 1. The first-order valence-electron chi connectivity index (χ1n) is 6.74. The first kappa shape index (κ1) is 16.5. The minimum Gasteiger partial charge on any atom is -0.326 e. The number of carbonyl (C=O) groups excluding carboxylic acids is 1. The number of benzene rings is 2. The smallest absolute Gasteiger partial charge is 0.225 e. The summed E-state index contributed by atoms with van der Waals surface area (Å²) in [6.07, 6.45) is -0.0716. The molecule has 0 atom stereocenters. The van der Waals surface area contributed by atoms with E-state index in [1.54, 1.807) is 48.5 Å². The zero-order valence-electron chi connectivity index (χ0n) is 11.8. The van der Waals surface area contributed by atoms with Crippen LogP contribution in [0.5, 0.6) is 0 Å². The highest BCUT2D eigenvalue weighted by atomic mass is 35.5. The van der Waals surface area contributed by atoms with E-state index in [1.165, 1.54) is 0 Å². The van der Waals surface area contributed by atoms with E-state index in [-0.39, 0.29) is 23.8 Å². The van der Waals surface area contributed by atoms with Gasteiger partial charge in [0.1, 0.15) is 0 Å². The predicted octanol–water partition coefficient (Wildman–Crippen LogP) is 3.28. The van der Waals surface area contributed by atoms with Crippen LogP contribution in [0.25, 0.3) is 0 Å².